The maximum Gasteiger partial charge on any atom is 0.416 e. The summed E-state index contributed by atoms with van der Waals surface area (Å²) >= 11 is 0. The zero-order valence-corrected chi connectivity index (χ0v) is 12.2. The molecule has 0 unspecified atom stereocenters. The number of halogens is 3. The maximum absolute atomic E-state index is 12.8. The second kappa shape index (κ2) is 5.57. The van der Waals surface area contributed by atoms with Crippen molar-refractivity contribution in [2.24, 2.45) is 0 Å². The Morgan fingerprint density at radius 3 is 2.48 bits per heavy atom. The van der Waals surface area contributed by atoms with Crippen LogP contribution in [0.1, 0.15) is 11.1 Å². The normalized spacial score (nSPS) is 13.7. The van der Waals surface area contributed by atoms with Crippen molar-refractivity contribution in [1.82, 2.24) is 0 Å². The van der Waals surface area contributed by atoms with Crippen LogP contribution in [-0.2, 0) is 6.18 Å². The molecule has 3 rings (SSSR count). The Morgan fingerprint density at radius 2 is 1.78 bits per heavy atom. The van der Waals surface area contributed by atoms with Gasteiger partial charge in [-0.05, 0) is 25.1 Å². The minimum Gasteiger partial charge on any atom is -0.486 e. The van der Waals surface area contributed by atoms with Crippen molar-refractivity contribution in [3.8, 4) is 23.0 Å². The van der Waals surface area contributed by atoms with Gasteiger partial charge in [0.15, 0.2) is 11.5 Å². The fourth-order valence-electron chi connectivity index (χ4n) is 2.31. The van der Waals surface area contributed by atoms with Gasteiger partial charge in [0.1, 0.15) is 24.7 Å². The van der Waals surface area contributed by atoms with E-state index in [9.17, 15) is 13.2 Å². The van der Waals surface area contributed by atoms with Crippen LogP contribution in [0.15, 0.2) is 30.3 Å². The Balaban J connectivity index is 1.96. The van der Waals surface area contributed by atoms with E-state index in [0.717, 1.165) is 12.1 Å². The fourth-order valence-corrected chi connectivity index (χ4v) is 2.31. The summed E-state index contributed by atoms with van der Waals surface area (Å²) < 4.78 is 54.8. The van der Waals surface area contributed by atoms with E-state index < -0.39 is 11.7 Å². The number of hydrogen-bond donors (Lipinski definition) is 1. The van der Waals surface area contributed by atoms with Crippen LogP contribution in [0.25, 0.3) is 0 Å². The van der Waals surface area contributed by atoms with Gasteiger partial charge < -0.3 is 19.9 Å². The number of nitrogens with two attached hydrogens (primary N) is 1. The number of ether oxygens (including phenoxy) is 3. The first-order chi connectivity index (χ1) is 10.9. The quantitative estimate of drug-likeness (QED) is 0.843. The Labute approximate surface area is 130 Å². The SMILES string of the molecule is Cc1c(Oc2cccc(C(F)(F)F)c2)cc(N)c2c1OCCO2. The Hall–Kier alpha value is -2.57. The highest BCUT2D eigenvalue weighted by Crippen LogP contribution is 2.45. The molecular weight excluding hydrogens is 311 g/mol. The Kier molecular flexibility index (Phi) is 3.71. The number of fused-ring (bicyclic) bond motifs is 1. The molecule has 2 aromatic carbocycles. The smallest absolute Gasteiger partial charge is 0.416 e. The molecule has 2 aromatic rings. The number of nitrogen functional groups attached to an aromatic ring is 1. The van der Waals surface area contributed by atoms with Crippen molar-refractivity contribution in [1.29, 1.82) is 0 Å². The summed E-state index contributed by atoms with van der Waals surface area (Å²) in [6.45, 7) is 2.50. The van der Waals surface area contributed by atoms with Gasteiger partial charge >= 0.3 is 6.18 Å². The van der Waals surface area contributed by atoms with Crippen molar-refractivity contribution < 1.29 is 27.4 Å². The summed E-state index contributed by atoms with van der Waals surface area (Å²) in [6, 6.07) is 6.17. The van der Waals surface area contributed by atoms with E-state index in [1.165, 1.54) is 18.2 Å². The Bertz CT molecular complexity index is 744. The largest absolute Gasteiger partial charge is 0.486 e. The van der Waals surface area contributed by atoms with Gasteiger partial charge in [-0.1, -0.05) is 6.07 Å². The van der Waals surface area contributed by atoms with Gasteiger partial charge in [-0.25, -0.2) is 0 Å². The minimum atomic E-state index is -4.43. The van der Waals surface area contributed by atoms with Gasteiger partial charge in [-0.2, -0.15) is 13.2 Å². The highest BCUT2D eigenvalue weighted by atomic mass is 19.4. The standard InChI is InChI=1S/C16H14F3NO3/c1-9-13(8-12(20)15-14(9)21-5-6-22-15)23-11-4-2-3-10(7-11)16(17,18)19/h2-4,7-8H,5-6,20H2,1H3. The van der Waals surface area contributed by atoms with Crippen LogP contribution in [0, 0.1) is 6.92 Å². The number of rotatable bonds is 2. The van der Waals surface area contributed by atoms with Crippen molar-refractivity contribution in [2.75, 3.05) is 18.9 Å². The van der Waals surface area contributed by atoms with Gasteiger partial charge in [0, 0.05) is 11.6 Å². The van der Waals surface area contributed by atoms with Crippen molar-refractivity contribution >= 4 is 5.69 Å². The fraction of sp³-hybridized carbons (Fsp3) is 0.250. The lowest BCUT2D eigenvalue weighted by atomic mass is 10.1. The lowest BCUT2D eigenvalue weighted by Gasteiger charge is -2.23. The second-order valence-electron chi connectivity index (χ2n) is 5.07. The predicted octanol–water partition coefficient (Wildman–Crippen LogP) is 4.16. The van der Waals surface area contributed by atoms with E-state index in [0.29, 0.717) is 41.7 Å². The zero-order chi connectivity index (χ0) is 16.6. The van der Waals surface area contributed by atoms with E-state index in [1.807, 2.05) is 0 Å². The van der Waals surface area contributed by atoms with Gasteiger partial charge in [-0.3, -0.25) is 0 Å². The summed E-state index contributed by atoms with van der Waals surface area (Å²) in [7, 11) is 0. The molecule has 0 fully saturated rings. The number of hydrogen-bond acceptors (Lipinski definition) is 4. The van der Waals surface area contributed by atoms with E-state index in [-0.39, 0.29) is 5.75 Å². The van der Waals surface area contributed by atoms with Gasteiger partial charge in [-0.15, -0.1) is 0 Å². The van der Waals surface area contributed by atoms with E-state index >= 15 is 0 Å². The first-order valence-electron chi connectivity index (χ1n) is 6.90. The topological polar surface area (TPSA) is 53.7 Å². The molecule has 0 aromatic heterocycles. The molecule has 0 atom stereocenters. The molecule has 0 saturated heterocycles. The number of alkyl halides is 3. The molecule has 1 heterocycles. The molecule has 7 heteroatoms. The third-order valence-electron chi connectivity index (χ3n) is 3.43. The lowest BCUT2D eigenvalue weighted by molar-refractivity contribution is -0.137. The average molecular weight is 325 g/mol. The zero-order valence-electron chi connectivity index (χ0n) is 12.2. The van der Waals surface area contributed by atoms with Crippen molar-refractivity contribution in [3.63, 3.8) is 0 Å². The summed E-state index contributed by atoms with van der Waals surface area (Å²) in [5.74, 6) is 1.29. The summed E-state index contributed by atoms with van der Waals surface area (Å²) in [5, 5.41) is 0. The van der Waals surface area contributed by atoms with Crippen LogP contribution in [0.3, 0.4) is 0 Å². The molecule has 1 aliphatic heterocycles. The first-order valence-corrected chi connectivity index (χ1v) is 6.90. The summed E-state index contributed by atoms with van der Waals surface area (Å²) in [5.41, 5.74) is 6.05. The van der Waals surface area contributed by atoms with E-state index in [1.54, 1.807) is 6.92 Å². The molecule has 0 radical (unpaired) electrons. The molecule has 0 bridgehead atoms. The maximum atomic E-state index is 12.8. The van der Waals surface area contributed by atoms with Gasteiger partial charge in [0.25, 0.3) is 0 Å². The lowest BCUT2D eigenvalue weighted by Crippen LogP contribution is -2.17. The third kappa shape index (κ3) is 2.99. The molecule has 0 aliphatic carbocycles. The molecule has 0 saturated carbocycles. The van der Waals surface area contributed by atoms with Crippen LogP contribution in [0.2, 0.25) is 0 Å². The molecular formula is C16H14F3NO3. The molecule has 2 N–H and O–H groups in total. The monoisotopic (exact) mass is 325 g/mol. The molecule has 23 heavy (non-hydrogen) atoms. The van der Waals surface area contributed by atoms with E-state index in [2.05, 4.69) is 0 Å². The minimum absolute atomic E-state index is 0.0685. The van der Waals surface area contributed by atoms with Crippen LogP contribution >= 0.6 is 0 Å². The van der Waals surface area contributed by atoms with Crippen LogP contribution in [0.4, 0.5) is 18.9 Å². The van der Waals surface area contributed by atoms with Gasteiger partial charge in [0.2, 0.25) is 0 Å². The van der Waals surface area contributed by atoms with Crippen molar-refractivity contribution in [3.05, 3.63) is 41.5 Å². The highest BCUT2D eigenvalue weighted by molar-refractivity contribution is 5.68. The van der Waals surface area contributed by atoms with Crippen LogP contribution in [0.5, 0.6) is 23.0 Å². The number of anilines is 1. The number of benzene rings is 2. The van der Waals surface area contributed by atoms with Crippen LogP contribution in [-0.4, -0.2) is 13.2 Å². The Morgan fingerprint density at radius 1 is 1.09 bits per heavy atom. The molecule has 122 valence electrons. The predicted molar refractivity (Wildman–Crippen MR) is 78.1 cm³/mol. The summed E-state index contributed by atoms with van der Waals surface area (Å²) in [4.78, 5) is 0. The molecule has 4 nitrogen and oxygen atoms in total. The molecule has 1 aliphatic rings. The first kappa shape index (κ1) is 15.3. The molecule has 0 amide bonds. The second-order valence-corrected chi connectivity index (χ2v) is 5.07. The van der Waals surface area contributed by atoms with E-state index in [4.69, 9.17) is 19.9 Å². The highest BCUT2D eigenvalue weighted by Gasteiger charge is 2.30. The average Bonchev–Trinajstić information content (AvgIpc) is 2.52. The van der Waals surface area contributed by atoms with Crippen LogP contribution < -0.4 is 19.9 Å². The van der Waals surface area contributed by atoms with Crippen molar-refractivity contribution in [2.45, 2.75) is 13.1 Å². The molecule has 0 spiro atoms. The third-order valence-corrected chi connectivity index (χ3v) is 3.43. The summed E-state index contributed by atoms with van der Waals surface area (Å²) in [6.07, 6.45) is -4.43. The van der Waals surface area contributed by atoms with Gasteiger partial charge in [0.05, 0.1) is 11.3 Å².